The highest BCUT2D eigenvalue weighted by Gasteiger charge is 2.32. The SMILES string of the molecule is COCCC(C)C(O)C(OC)C1CCCCC1. The van der Waals surface area contributed by atoms with Crippen molar-refractivity contribution in [2.24, 2.45) is 11.8 Å². The third-order valence-electron chi connectivity index (χ3n) is 4.08. The molecule has 0 bridgehead atoms. The predicted octanol–water partition coefficient (Wildman–Crippen LogP) is 2.62. The van der Waals surface area contributed by atoms with Crippen molar-refractivity contribution in [3.8, 4) is 0 Å². The van der Waals surface area contributed by atoms with Crippen LogP contribution in [0.3, 0.4) is 0 Å². The molecular formula is C14H28O3. The van der Waals surface area contributed by atoms with E-state index in [0.29, 0.717) is 12.5 Å². The lowest BCUT2D eigenvalue weighted by molar-refractivity contribution is -0.0784. The van der Waals surface area contributed by atoms with Crippen molar-refractivity contribution in [3.05, 3.63) is 0 Å². The smallest absolute Gasteiger partial charge is 0.0860 e. The van der Waals surface area contributed by atoms with Crippen LogP contribution in [-0.4, -0.2) is 38.1 Å². The monoisotopic (exact) mass is 244 g/mol. The normalized spacial score (nSPS) is 23.3. The number of ether oxygens (including phenoxy) is 2. The molecule has 0 heterocycles. The molecule has 1 aliphatic rings. The Bertz CT molecular complexity index is 190. The minimum atomic E-state index is -0.363. The summed E-state index contributed by atoms with van der Waals surface area (Å²) in [6.07, 6.45) is 6.83. The van der Waals surface area contributed by atoms with Gasteiger partial charge >= 0.3 is 0 Å². The van der Waals surface area contributed by atoms with Gasteiger partial charge in [0.25, 0.3) is 0 Å². The Kier molecular flexibility index (Phi) is 7.09. The van der Waals surface area contributed by atoms with Crippen molar-refractivity contribution < 1.29 is 14.6 Å². The lowest BCUT2D eigenvalue weighted by atomic mass is 9.80. The molecule has 102 valence electrons. The third-order valence-corrected chi connectivity index (χ3v) is 4.08. The van der Waals surface area contributed by atoms with Crippen molar-refractivity contribution in [2.45, 2.75) is 57.7 Å². The molecule has 0 aromatic carbocycles. The summed E-state index contributed by atoms with van der Waals surface area (Å²) >= 11 is 0. The maximum Gasteiger partial charge on any atom is 0.0860 e. The summed E-state index contributed by atoms with van der Waals surface area (Å²) in [6, 6.07) is 0. The standard InChI is InChI=1S/C14H28O3/c1-11(9-10-16-2)13(15)14(17-3)12-7-5-4-6-8-12/h11-15H,4-10H2,1-3H3. The van der Waals surface area contributed by atoms with Crippen LogP contribution < -0.4 is 0 Å². The summed E-state index contributed by atoms with van der Waals surface area (Å²) in [5.41, 5.74) is 0. The van der Waals surface area contributed by atoms with Gasteiger partial charge in [0.2, 0.25) is 0 Å². The average Bonchev–Trinajstić information content (AvgIpc) is 2.38. The minimum absolute atomic E-state index is 0.00200. The molecule has 1 N–H and O–H groups in total. The molecule has 17 heavy (non-hydrogen) atoms. The number of aliphatic hydroxyl groups excluding tert-OH is 1. The van der Waals surface area contributed by atoms with E-state index in [1.807, 2.05) is 0 Å². The molecule has 0 spiro atoms. The molecule has 3 unspecified atom stereocenters. The van der Waals surface area contributed by atoms with E-state index in [1.165, 1.54) is 32.1 Å². The molecule has 3 heteroatoms. The van der Waals surface area contributed by atoms with Gasteiger partial charge < -0.3 is 14.6 Å². The highest BCUT2D eigenvalue weighted by molar-refractivity contribution is 4.82. The van der Waals surface area contributed by atoms with E-state index >= 15 is 0 Å². The molecule has 0 aliphatic heterocycles. The van der Waals surface area contributed by atoms with E-state index in [1.54, 1.807) is 14.2 Å². The molecule has 0 aromatic heterocycles. The summed E-state index contributed by atoms with van der Waals surface area (Å²) in [7, 11) is 3.43. The van der Waals surface area contributed by atoms with Crippen LogP contribution in [0.25, 0.3) is 0 Å². The molecule has 0 radical (unpaired) electrons. The Morgan fingerprint density at radius 3 is 2.35 bits per heavy atom. The summed E-state index contributed by atoms with van der Waals surface area (Å²) in [5, 5.41) is 10.4. The Labute approximate surface area is 105 Å². The quantitative estimate of drug-likeness (QED) is 0.748. The summed E-state index contributed by atoms with van der Waals surface area (Å²) in [5.74, 6) is 0.774. The zero-order valence-electron chi connectivity index (χ0n) is 11.5. The molecule has 1 saturated carbocycles. The number of hydrogen-bond acceptors (Lipinski definition) is 3. The molecule has 0 saturated heterocycles. The Hall–Kier alpha value is -0.120. The topological polar surface area (TPSA) is 38.7 Å². The maximum absolute atomic E-state index is 10.4. The van der Waals surface area contributed by atoms with Crippen molar-refractivity contribution in [2.75, 3.05) is 20.8 Å². The largest absolute Gasteiger partial charge is 0.390 e. The molecular weight excluding hydrogens is 216 g/mol. The fraction of sp³-hybridized carbons (Fsp3) is 1.00. The first kappa shape index (κ1) is 14.9. The highest BCUT2D eigenvalue weighted by Crippen LogP contribution is 2.31. The van der Waals surface area contributed by atoms with Gasteiger partial charge in [0, 0.05) is 20.8 Å². The van der Waals surface area contributed by atoms with Crippen LogP contribution in [0.1, 0.15) is 45.4 Å². The first-order valence-electron chi connectivity index (χ1n) is 6.90. The molecule has 3 nitrogen and oxygen atoms in total. The van der Waals surface area contributed by atoms with E-state index < -0.39 is 0 Å². The summed E-state index contributed by atoms with van der Waals surface area (Å²) < 4.78 is 10.6. The maximum atomic E-state index is 10.4. The van der Waals surface area contributed by atoms with Crippen molar-refractivity contribution >= 4 is 0 Å². The van der Waals surface area contributed by atoms with Crippen molar-refractivity contribution in [1.82, 2.24) is 0 Å². The number of rotatable bonds is 7. The van der Waals surface area contributed by atoms with E-state index in [0.717, 1.165) is 6.42 Å². The van der Waals surface area contributed by atoms with Gasteiger partial charge in [0.1, 0.15) is 0 Å². The van der Waals surface area contributed by atoms with Crippen LogP contribution in [0.2, 0.25) is 0 Å². The highest BCUT2D eigenvalue weighted by atomic mass is 16.5. The van der Waals surface area contributed by atoms with E-state index in [2.05, 4.69) is 6.92 Å². The first-order valence-corrected chi connectivity index (χ1v) is 6.90. The zero-order chi connectivity index (χ0) is 12.7. The van der Waals surface area contributed by atoms with Gasteiger partial charge in [-0.05, 0) is 31.1 Å². The van der Waals surface area contributed by atoms with Gasteiger partial charge in [-0.25, -0.2) is 0 Å². The summed E-state index contributed by atoms with van der Waals surface area (Å²) in [4.78, 5) is 0. The van der Waals surface area contributed by atoms with Gasteiger partial charge in [-0.15, -0.1) is 0 Å². The molecule has 1 fully saturated rings. The van der Waals surface area contributed by atoms with Gasteiger partial charge in [-0.1, -0.05) is 26.2 Å². The van der Waals surface area contributed by atoms with Gasteiger partial charge in [-0.3, -0.25) is 0 Å². The fourth-order valence-corrected chi connectivity index (χ4v) is 2.87. The number of methoxy groups -OCH3 is 2. The molecule has 3 atom stereocenters. The summed E-state index contributed by atoms with van der Waals surface area (Å²) in [6.45, 7) is 2.79. The van der Waals surface area contributed by atoms with Gasteiger partial charge in [-0.2, -0.15) is 0 Å². The van der Waals surface area contributed by atoms with E-state index in [-0.39, 0.29) is 18.1 Å². The Morgan fingerprint density at radius 1 is 1.18 bits per heavy atom. The van der Waals surface area contributed by atoms with Crippen LogP contribution >= 0.6 is 0 Å². The van der Waals surface area contributed by atoms with Crippen LogP contribution in [0.15, 0.2) is 0 Å². The van der Waals surface area contributed by atoms with Crippen LogP contribution in [0.5, 0.6) is 0 Å². The second-order valence-corrected chi connectivity index (χ2v) is 5.35. The van der Waals surface area contributed by atoms with Gasteiger partial charge in [0.05, 0.1) is 12.2 Å². The molecule has 0 aromatic rings. The predicted molar refractivity (Wildman–Crippen MR) is 69.0 cm³/mol. The lowest BCUT2D eigenvalue weighted by Crippen LogP contribution is -2.40. The lowest BCUT2D eigenvalue weighted by Gasteiger charge is -2.34. The van der Waals surface area contributed by atoms with Crippen molar-refractivity contribution in [1.29, 1.82) is 0 Å². The van der Waals surface area contributed by atoms with Crippen LogP contribution in [0, 0.1) is 11.8 Å². The van der Waals surface area contributed by atoms with E-state index in [9.17, 15) is 5.11 Å². The molecule has 1 rings (SSSR count). The Morgan fingerprint density at radius 2 is 1.82 bits per heavy atom. The second-order valence-electron chi connectivity index (χ2n) is 5.35. The number of aliphatic hydroxyl groups is 1. The fourth-order valence-electron chi connectivity index (χ4n) is 2.87. The third kappa shape index (κ3) is 4.57. The van der Waals surface area contributed by atoms with Crippen molar-refractivity contribution in [3.63, 3.8) is 0 Å². The molecule has 1 aliphatic carbocycles. The number of hydrogen-bond donors (Lipinski definition) is 1. The van der Waals surface area contributed by atoms with Crippen LogP contribution in [-0.2, 0) is 9.47 Å². The molecule has 0 amide bonds. The van der Waals surface area contributed by atoms with Crippen LogP contribution in [0.4, 0.5) is 0 Å². The Balaban J connectivity index is 2.46. The second kappa shape index (κ2) is 8.06. The average molecular weight is 244 g/mol. The first-order chi connectivity index (χ1) is 8.20. The minimum Gasteiger partial charge on any atom is -0.390 e. The van der Waals surface area contributed by atoms with Gasteiger partial charge in [0.15, 0.2) is 0 Å². The zero-order valence-corrected chi connectivity index (χ0v) is 11.5. The van der Waals surface area contributed by atoms with E-state index in [4.69, 9.17) is 9.47 Å².